The van der Waals surface area contributed by atoms with Gasteiger partial charge in [-0.2, -0.15) is 5.10 Å². The van der Waals surface area contributed by atoms with Crippen LogP contribution in [0.5, 0.6) is 0 Å². The summed E-state index contributed by atoms with van der Waals surface area (Å²) in [7, 11) is -0.621. The maximum absolute atomic E-state index is 14.1. The zero-order valence-corrected chi connectivity index (χ0v) is 16.3. The van der Waals surface area contributed by atoms with Gasteiger partial charge in [-0.3, -0.25) is 4.68 Å². The van der Waals surface area contributed by atoms with E-state index in [9.17, 15) is 17.6 Å². The third kappa shape index (κ3) is 4.37. The summed E-state index contributed by atoms with van der Waals surface area (Å²) >= 11 is 0. The van der Waals surface area contributed by atoms with Crippen LogP contribution in [0.4, 0.5) is 4.39 Å². The Hall–Kier alpha value is -2.78. The predicted molar refractivity (Wildman–Crippen MR) is 103 cm³/mol. The Labute approximate surface area is 162 Å². The molecule has 2 aromatic carbocycles. The van der Waals surface area contributed by atoms with Gasteiger partial charge in [0.2, 0.25) is 10.0 Å². The minimum atomic E-state index is -3.63. The van der Waals surface area contributed by atoms with Crippen molar-refractivity contribution in [2.75, 3.05) is 12.9 Å². The first-order valence-electron chi connectivity index (χ1n) is 8.54. The van der Waals surface area contributed by atoms with E-state index >= 15 is 0 Å². The van der Waals surface area contributed by atoms with Crippen LogP contribution in [0.1, 0.15) is 21.5 Å². The number of methoxy groups -OCH3 is 1. The number of hydrogen-bond donors (Lipinski definition) is 1. The third-order valence-electron chi connectivity index (χ3n) is 4.44. The van der Waals surface area contributed by atoms with E-state index in [-0.39, 0.29) is 23.4 Å². The molecule has 0 aliphatic carbocycles. The molecular formula is C19H20FN3O4S. The molecule has 0 fully saturated rings. The molecule has 0 saturated carbocycles. The second-order valence-corrected chi connectivity index (χ2v) is 8.24. The van der Waals surface area contributed by atoms with Crippen LogP contribution in [0, 0.1) is 5.82 Å². The summed E-state index contributed by atoms with van der Waals surface area (Å²) in [5.74, 6) is -1.47. The van der Waals surface area contributed by atoms with E-state index in [0.717, 1.165) is 22.5 Å². The third-order valence-corrected chi connectivity index (χ3v) is 5.77. The Morgan fingerprint density at radius 3 is 2.75 bits per heavy atom. The van der Waals surface area contributed by atoms with Crippen molar-refractivity contribution in [1.82, 2.24) is 14.5 Å². The largest absolute Gasteiger partial charge is 0.465 e. The van der Waals surface area contributed by atoms with Gasteiger partial charge in [-0.25, -0.2) is 22.3 Å². The van der Waals surface area contributed by atoms with Crippen molar-refractivity contribution in [3.05, 3.63) is 65.1 Å². The summed E-state index contributed by atoms with van der Waals surface area (Å²) in [6.07, 6.45) is 2.03. The Morgan fingerprint density at radius 1 is 1.25 bits per heavy atom. The van der Waals surface area contributed by atoms with E-state index in [0.29, 0.717) is 6.42 Å². The van der Waals surface area contributed by atoms with Gasteiger partial charge >= 0.3 is 5.97 Å². The summed E-state index contributed by atoms with van der Waals surface area (Å²) in [5.41, 5.74) is 1.97. The molecule has 1 aromatic heterocycles. The van der Waals surface area contributed by atoms with Crippen LogP contribution < -0.4 is 4.72 Å². The number of aryl methyl sites for hydroxylation is 2. The van der Waals surface area contributed by atoms with Crippen LogP contribution in [0.3, 0.4) is 0 Å². The number of halogens is 1. The molecule has 3 aromatic rings. The minimum Gasteiger partial charge on any atom is -0.465 e. The second-order valence-electron chi connectivity index (χ2n) is 6.31. The number of sulfonamides is 1. The number of benzene rings is 2. The first kappa shape index (κ1) is 20.0. The minimum absolute atomic E-state index is 0.0656. The Kier molecular flexibility index (Phi) is 5.76. The highest BCUT2D eigenvalue weighted by Crippen LogP contribution is 2.19. The predicted octanol–water partition coefficient (Wildman–Crippen LogP) is 2.16. The molecule has 0 bridgehead atoms. The molecule has 1 heterocycles. The number of rotatable bonds is 7. The fourth-order valence-corrected chi connectivity index (χ4v) is 3.97. The molecule has 0 amide bonds. The van der Waals surface area contributed by atoms with Crippen molar-refractivity contribution in [2.24, 2.45) is 7.05 Å². The normalized spacial score (nSPS) is 11.7. The van der Waals surface area contributed by atoms with Crippen molar-refractivity contribution in [3.63, 3.8) is 0 Å². The number of ether oxygens (including phenoxy) is 1. The van der Waals surface area contributed by atoms with Gasteiger partial charge in [-0.15, -0.1) is 0 Å². The van der Waals surface area contributed by atoms with Gasteiger partial charge in [0, 0.05) is 24.5 Å². The van der Waals surface area contributed by atoms with E-state index < -0.39 is 21.8 Å². The molecule has 0 aliphatic heterocycles. The van der Waals surface area contributed by atoms with Crippen LogP contribution in [-0.4, -0.2) is 37.0 Å². The first-order valence-corrected chi connectivity index (χ1v) is 10.2. The topological polar surface area (TPSA) is 90.3 Å². The second kappa shape index (κ2) is 8.07. The average molecular weight is 405 g/mol. The number of carbonyl (C=O) groups is 1. The number of fused-ring (bicyclic) bond motifs is 1. The molecule has 0 aliphatic rings. The monoisotopic (exact) mass is 405 g/mol. The maximum atomic E-state index is 14.1. The number of nitrogens with zero attached hydrogens (tertiary/aromatic N) is 2. The van der Waals surface area contributed by atoms with Gasteiger partial charge in [0.05, 0.1) is 30.1 Å². The van der Waals surface area contributed by atoms with Gasteiger partial charge in [0.1, 0.15) is 5.82 Å². The molecule has 28 heavy (non-hydrogen) atoms. The molecule has 0 saturated heterocycles. The Bertz CT molecular complexity index is 1130. The smallest absolute Gasteiger partial charge is 0.337 e. The summed E-state index contributed by atoms with van der Waals surface area (Å²) in [6.45, 7) is -0.203. The molecule has 9 heteroatoms. The summed E-state index contributed by atoms with van der Waals surface area (Å²) in [6, 6.07) is 9.42. The maximum Gasteiger partial charge on any atom is 0.337 e. The van der Waals surface area contributed by atoms with Gasteiger partial charge in [0.15, 0.2) is 0 Å². The molecular weight excluding hydrogens is 385 g/mol. The number of carbonyl (C=O) groups excluding carboxylic acids is 1. The van der Waals surface area contributed by atoms with E-state index in [1.54, 1.807) is 17.9 Å². The van der Waals surface area contributed by atoms with Crippen molar-refractivity contribution in [2.45, 2.75) is 13.0 Å². The number of hydrogen-bond acceptors (Lipinski definition) is 5. The van der Waals surface area contributed by atoms with Crippen molar-refractivity contribution < 1.29 is 22.3 Å². The summed E-state index contributed by atoms with van der Waals surface area (Å²) in [4.78, 5) is 11.4. The van der Waals surface area contributed by atoms with Crippen LogP contribution in [0.2, 0.25) is 0 Å². The standard InChI is InChI=1S/C19H20FN3O4S/c1-23-18-13(4-3-5-16(18)11-21-23)8-9-28(25,26)22-12-15-7-6-14(10-17(15)20)19(24)27-2/h3-7,10-11,22H,8-9,12H2,1-2H3. The van der Waals surface area contributed by atoms with Crippen LogP contribution in [0.25, 0.3) is 10.9 Å². The van der Waals surface area contributed by atoms with Gasteiger partial charge < -0.3 is 4.74 Å². The number of nitrogens with one attached hydrogen (secondary N) is 1. The lowest BCUT2D eigenvalue weighted by atomic mass is 10.1. The van der Waals surface area contributed by atoms with Gasteiger partial charge in [0.25, 0.3) is 0 Å². The van der Waals surface area contributed by atoms with E-state index in [4.69, 9.17) is 0 Å². The molecule has 0 unspecified atom stereocenters. The quantitative estimate of drug-likeness (QED) is 0.609. The highest BCUT2D eigenvalue weighted by atomic mass is 32.2. The van der Waals surface area contributed by atoms with Crippen molar-refractivity contribution in [3.8, 4) is 0 Å². The van der Waals surface area contributed by atoms with Crippen LogP contribution >= 0.6 is 0 Å². The van der Waals surface area contributed by atoms with Crippen molar-refractivity contribution >= 4 is 26.9 Å². The molecule has 0 radical (unpaired) electrons. The Morgan fingerprint density at radius 2 is 2.04 bits per heavy atom. The number of aromatic nitrogens is 2. The van der Waals surface area contributed by atoms with E-state index in [2.05, 4.69) is 14.6 Å². The lowest BCUT2D eigenvalue weighted by Crippen LogP contribution is -2.27. The first-order chi connectivity index (χ1) is 13.3. The molecule has 7 nitrogen and oxygen atoms in total. The van der Waals surface area contributed by atoms with E-state index in [1.807, 2.05) is 18.2 Å². The lowest BCUT2D eigenvalue weighted by Gasteiger charge is -2.09. The highest BCUT2D eigenvalue weighted by molar-refractivity contribution is 7.89. The van der Waals surface area contributed by atoms with Crippen LogP contribution in [-0.2, 0) is 34.8 Å². The molecule has 148 valence electrons. The average Bonchev–Trinajstić information content (AvgIpc) is 3.06. The van der Waals surface area contributed by atoms with E-state index in [1.165, 1.54) is 19.2 Å². The van der Waals surface area contributed by atoms with Gasteiger partial charge in [-0.05, 0) is 24.1 Å². The SMILES string of the molecule is COC(=O)c1ccc(CNS(=O)(=O)CCc2cccc3cnn(C)c23)c(F)c1. The Balaban J connectivity index is 1.66. The molecule has 3 rings (SSSR count). The highest BCUT2D eigenvalue weighted by Gasteiger charge is 2.15. The molecule has 1 N–H and O–H groups in total. The van der Waals surface area contributed by atoms with Gasteiger partial charge in [-0.1, -0.05) is 24.3 Å². The lowest BCUT2D eigenvalue weighted by molar-refractivity contribution is 0.0600. The number of para-hydroxylation sites is 1. The molecule has 0 atom stereocenters. The summed E-state index contributed by atoms with van der Waals surface area (Å²) in [5, 5.41) is 5.13. The summed E-state index contributed by atoms with van der Waals surface area (Å²) < 4.78 is 47.4. The fourth-order valence-electron chi connectivity index (χ4n) is 2.96. The zero-order chi connectivity index (χ0) is 20.3. The van der Waals surface area contributed by atoms with Crippen LogP contribution in [0.15, 0.2) is 42.6 Å². The van der Waals surface area contributed by atoms with Crippen molar-refractivity contribution in [1.29, 1.82) is 0 Å². The molecule has 0 spiro atoms. The zero-order valence-electron chi connectivity index (χ0n) is 15.5. The fraction of sp³-hybridized carbons (Fsp3) is 0.263. The number of esters is 1.